The number of aliphatic hydroxyl groups excluding tert-OH is 1. The van der Waals surface area contributed by atoms with Crippen molar-refractivity contribution in [2.24, 2.45) is 33.0 Å². The number of allylic oxidation sites excluding steroid dienone is 4. The van der Waals surface area contributed by atoms with E-state index in [2.05, 4.69) is 6.58 Å². The molecule has 4 rings (SSSR count). The molecule has 3 aliphatic carbocycles. The van der Waals surface area contributed by atoms with E-state index < -0.39 is 68.4 Å². The maximum absolute atomic E-state index is 14.2. The van der Waals surface area contributed by atoms with E-state index in [0.717, 1.165) is 7.11 Å². The van der Waals surface area contributed by atoms with Crippen LogP contribution in [0.15, 0.2) is 35.6 Å². The molecule has 4 aliphatic rings. The number of hydrogen-bond donors (Lipinski definition) is 1. The number of ether oxygens (including phenoxy) is 2. The van der Waals surface area contributed by atoms with Crippen molar-refractivity contribution in [2.45, 2.75) is 54.1 Å². The predicted octanol–water partition coefficient (Wildman–Crippen LogP) is 2.82. The molecular formula is C26H30O8. The fraction of sp³-hybridized carbons (Fsp3) is 0.577. The lowest BCUT2D eigenvalue weighted by atomic mass is 9.33. The van der Waals surface area contributed by atoms with Crippen LogP contribution in [0, 0.1) is 33.0 Å². The number of esters is 2. The second-order valence-electron chi connectivity index (χ2n) is 11.0. The number of carbonyl (C=O) groups excluding carboxylic acids is 5. The molecular weight excluding hydrogens is 440 g/mol. The summed E-state index contributed by atoms with van der Waals surface area (Å²) in [4.78, 5) is 68.0. The summed E-state index contributed by atoms with van der Waals surface area (Å²) >= 11 is 0. The van der Waals surface area contributed by atoms with Crippen molar-refractivity contribution in [1.29, 1.82) is 0 Å². The number of aliphatic hydroxyl groups is 1. The van der Waals surface area contributed by atoms with Crippen LogP contribution in [0.5, 0.6) is 0 Å². The highest BCUT2D eigenvalue weighted by Gasteiger charge is 2.84. The maximum Gasteiger partial charge on any atom is 0.322 e. The molecule has 1 aliphatic heterocycles. The SMILES string of the molecule is C=C1C[C@H]2[C@@]3(C)C=CC(=O)C(C)(C)C3=C(O)C(=O)[C@@]2(C)[C@@]2(C(=O)OC)C(=O)[C@@H](C)OC(=O)[C@@]12C. The number of hydrogen-bond acceptors (Lipinski definition) is 8. The van der Waals surface area contributed by atoms with Crippen molar-refractivity contribution in [3.63, 3.8) is 0 Å². The van der Waals surface area contributed by atoms with Crippen molar-refractivity contribution in [3.05, 3.63) is 35.6 Å². The van der Waals surface area contributed by atoms with Gasteiger partial charge in [-0.05, 0) is 51.7 Å². The smallest absolute Gasteiger partial charge is 0.322 e. The largest absolute Gasteiger partial charge is 0.504 e. The van der Waals surface area contributed by atoms with Crippen LogP contribution in [0.3, 0.4) is 0 Å². The predicted molar refractivity (Wildman–Crippen MR) is 119 cm³/mol. The van der Waals surface area contributed by atoms with Crippen molar-refractivity contribution in [3.8, 4) is 0 Å². The number of carbonyl (C=O) groups is 5. The summed E-state index contributed by atoms with van der Waals surface area (Å²) in [6, 6.07) is 0. The molecule has 0 bridgehead atoms. The molecule has 0 aromatic carbocycles. The number of methoxy groups -OCH3 is 1. The molecule has 1 saturated carbocycles. The Kier molecular flexibility index (Phi) is 4.64. The second kappa shape index (κ2) is 6.55. The third kappa shape index (κ3) is 2.14. The Hall–Kier alpha value is -3.03. The molecule has 182 valence electrons. The van der Waals surface area contributed by atoms with Crippen LogP contribution < -0.4 is 0 Å². The lowest BCUT2D eigenvalue weighted by Crippen LogP contribution is -2.77. The van der Waals surface area contributed by atoms with E-state index in [1.165, 1.54) is 26.8 Å². The topological polar surface area (TPSA) is 124 Å². The van der Waals surface area contributed by atoms with Gasteiger partial charge in [-0.3, -0.25) is 24.0 Å². The quantitative estimate of drug-likeness (QED) is 0.352. The first-order valence-electron chi connectivity index (χ1n) is 11.3. The van der Waals surface area contributed by atoms with Crippen LogP contribution in [-0.4, -0.2) is 47.6 Å². The van der Waals surface area contributed by atoms with Crippen LogP contribution in [0.4, 0.5) is 0 Å². The van der Waals surface area contributed by atoms with E-state index in [-0.39, 0.29) is 23.4 Å². The number of fused-ring (bicyclic) bond motifs is 5. The lowest BCUT2D eigenvalue weighted by molar-refractivity contribution is -0.222. The van der Waals surface area contributed by atoms with Gasteiger partial charge in [0, 0.05) is 5.41 Å². The summed E-state index contributed by atoms with van der Waals surface area (Å²) < 4.78 is 10.4. The van der Waals surface area contributed by atoms with Gasteiger partial charge in [0.15, 0.2) is 28.8 Å². The van der Waals surface area contributed by atoms with Gasteiger partial charge in [-0.15, -0.1) is 0 Å². The maximum atomic E-state index is 14.2. The molecule has 1 saturated heterocycles. The Morgan fingerprint density at radius 1 is 1.15 bits per heavy atom. The van der Waals surface area contributed by atoms with Crippen molar-refractivity contribution >= 4 is 29.3 Å². The Balaban J connectivity index is 2.20. The number of rotatable bonds is 1. The first kappa shape index (κ1) is 24.1. The van der Waals surface area contributed by atoms with Crippen molar-refractivity contribution < 1.29 is 38.6 Å². The lowest BCUT2D eigenvalue weighted by Gasteiger charge is -2.66. The van der Waals surface area contributed by atoms with Crippen LogP contribution in [0.1, 0.15) is 48.0 Å². The van der Waals surface area contributed by atoms with Gasteiger partial charge in [-0.2, -0.15) is 0 Å². The van der Waals surface area contributed by atoms with Crippen LogP contribution in [-0.2, 0) is 33.4 Å². The van der Waals surface area contributed by atoms with E-state index in [1.807, 2.05) is 0 Å². The first-order valence-corrected chi connectivity index (χ1v) is 11.3. The number of cyclic esters (lactones) is 1. The van der Waals surface area contributed by atoms with Gasteiger partial charge in [-0.25, -0.2) is 0 Å². The minimum absolute atomic E-state index is 0.0795. The van der Waals surface area contributed by atoms with Gasteiger partial charge >= 0.3 is 11.9 Å². The first-order chi connectivity index (χ1) is 15.5. The van der Waals surface area contributed by atoms with Gasteiger partial charge in [0.05, 0.1) is 17.9 Å². The monoisotopic (exact) mass is 470 g/mol. The zero-order valence-electron chi connectivity index (χ0n) is 20.5. The fourth-order valence-electron chi connectivity index (χ4n) is 7.49. The highest BCUT2D eigenvalue weighted by atomic mass is 16.6. The van der Waals surface area contributed by atoms with Gasteiger partial charge < -0.3 is 14.6 Å². The molecule has 0 radical (unpaired) electrons. The molecule has 1 heterocycles. The Labute approximate surface area is 198 Å². The van der Waals surface area contributed by atoms with Gasteiger partial charge in [0.25, 0.3) is 0 Å². The summed E-state index contributed by atoms with van der Waals surface area (Å²) in [5.74, 6) is -5.29. The van der Waals surface area contributed by atoms with E-state index in [9.17, 15) is 29.1 Å². The minimum Gasteiger partial charge on any atom is -0.504 e. The van der Waals surface area contributed by atoms with Crippen LogP contribution >= 0.6 is 0 Å². The Morgan fingerprint density at radius 2 is 1.74 bits per heavy atom. The molecule has 0 unspecified atom stereocenters. The van der Waals surface area contributed by atoms with Gasteiger partial charge in [0.2, 0.25) is 5.78 Å². The van der Waals surface area contributed by atoms with Crippen LogP contribution in [0.25, 0.3) is 0 Å². The third-order valence-corrected chi connectivity index (χ3v) is 9.31. The number of Topliss-reactive ketones (excluding diaryl/α,β-unsaturated/α-hetero) is 2. The molecule has 0 spiro atoms. The second-order valence-corrected chi connectivity index (χ2v) is 11.0. The fourth-order valence-corrected chi connectivity index (χ4v) is 7.49. The molecule has 6 atom stereocenters. The highest BCUT2D eigenvalue weighted by molar-refractivity contribution is 6.20. The summed E-state index contributed by atoms with van der Waals surface area (Å²) in [7, 11) is 1.09. The summed E-state index contributed by atoms with van der Waals surface area (Å²) in [5.41, 5.74) is -7.94. The molecule has 0 aromatic heterocycles. The summed E-state index contributed by atoms with van der Waals surface area (Å²) in [6.45, 7) is 13.3. The molecule has 0 amide bonds. The molecule has 1 N–H and O–H groups in total. The highest BCUT2D eigenvalue weighted by Crippen LogP contribution is 2.74. The summed E-state index contributed by atoms with van der Waals surface area (Å²) in [6.07, 6.45) is 1.79. The van der Waals surface area contributed by atoms with E-state index in [1.54, 1.807) is 26.8 Å². The standard InChI is InChI=1S/C26H30O8/c1-12-11-14-23(5)10-9-15(27)22(3,4)17(23)16(28)19(30)25(14,7)26(21(32)33-8)18(29)13(2)34-20(31)24(12,26)6/h9-10,13-14,28H,1,11H2,2-8H3/t13-,14+,23-,24-,25+,26-/m1/s1. The van der Waals surface area contributed by atoms with E-state index >= 15 is 0 Å². The molecule has 8 heteroatoms. The van der Waals surface area contributed by atoms with Gasteiger partial charge in [-0.1, -0.05) is 32.1 Å². The summed E-state index contributed by atoms with van der Waals surface area (Å²) in [5, 5.41) is 11.4. The Bertz CT molecular complexity index is 1170. The zero-order chi connectivity index (χ0) is 25.8. The average Bonchev–Trinajstić information content (AvgIpc) is 2.76. The van der Waals surface area contributed by atoms with E-state index in [4.69, 9.17) is 9.47 Å². The normalized spacial score (nSPS) is 43.1. The third-order valence-electron chi connectivity index (χ3n) is 9.31. The molecule has 34 heavy (non-hydrogen) atoms. The molecule has 2 fully saturated rings. The molecule has 0 aromatic rings. The van der Waals surface area contributed by atoms with Crippen molar-refractivity contribution in [2.75, 3.05) is 7.11 Å². The molecule has 8 nitrogen and oxygen atoms in total. The van der Waals surface area contributed by atoms with Crippen molar-refractivity contribution in [1.82, 2.24) is 0 Å². The van der Waals surface area contributed by atoms with E-state index in [0.29, 0.717) is 0 Å². The Morgan fingerprint density at radius 3 is 2.29 bits per heavy atom. The average molecular weight is 471 g/mol. The zero-order valence-corrected chi connectivity index (χ0v) is 20.5. The van der Waals surface area contributed by atoms with Gasteiger partial charge in [0.1, 0.15) is 5.41 Å². The minimum atomic E-state index is -2.33. The van der Waals surface area contributed by atoms with Crippen LogP contribution in [0.2, 0.25) is 0 Å². The number of ketones is 3.